The van der Waals surface area contributed by atoms with Crippen molar-refractivity contribution in [3.05, 3.63) is 29.1 Å². The van der Waals surface area contributed by atoms with Crippen LogP contribution in [0.4, 0.5) is 4.39 Å². The maximum absolute atomic E-state index is 13.8. The number of nitrogens with one attached hydrogen (secondary N) is 1. The molecule has 0 aromatic heterocycles. The Kier molecular flexibility index (Phi) is 5.16. The Morgan fingerprint density at radius 3 is 2.74 bits per heavy atom. The lowest BCUT2D eigenvalue weighted by atomic mass is 9.94. The molecular formula is C15H22FNO2. The van der Waals surface area contributed by atoms with Gasteiger partial charge in [-0.2, -0.15) is 0 Å². The molecule has 4 heteroatoms. The predicted molar refractivity (Wildman–Crippen MR) is 73.0 cm³/mol. The van der Waals surface area contributed by atoms with Gasteiger partial charge < -0.3 is 14.8 Å². The van der Waals surface area contributed by atoms with Crippen LogP contribution in [0.3, 0.4) is 0 Å². The zero-order valence-corrected chi connectivity index (χ0v) is 11.7. The summed E-state index contributed by atoms with van der Waals surface area (Å²) in [4.78, 5) is 0. The first kappa shape index (κ1) is 14.3. The van der Waals surface area contributed by atoms with E-state index >= 15 is 0 Å². The number of piperidine rings is 1. The molecule has 2 rings (SSSR count). The van der Waals surface area contributed by atoms with Crippen molar-refractivity contribution in [3.8, 4) is 5.75 Å². The van der Waals surface area contributed by atoms with Crippen molar-refractivity contribution in [2.75, 3.05) is 20.8 Å². The SMILES string of the molecule is COCc1cc(OC)c(F)cc1CC1CCCCN1. The fourth-order valence-electron chi connectivity index (χ4n) is 2.64. The summed E-state index contributed by atoms with van der Waals surface area (Å²) >= 11 is 0. The highest BCUT2D eigenvalue weighted by Crippen LogP contribution is 2.25. The molecule has 1 aromatic carbocycles. The monoisotopic (exact) mass is 267 g/mol. The van der Waals surface area contributed by atoms with Gasteiger partial charge in [0.25, 0.3) is 0 Å². The largest absolute Gasteiger partial charge is 0.494 e. The third kappa shape index (κ3) is 3.67. The Balaban J connectivity index is 2.18. The van der Waals surface area contributed by atoms with E-state index in [1.165, 1.54) is 20.0 Å². The topological polar surface area (TPSA) is 30.5 Å². The summed E-state index contributed by atoms with van der Waals surface area (Å²) in [5, 5.41) is 3.49. The van der Waals surface area contributed by atoms with Gasteiger partial charge in [-0.3, -0.25) is 0 Å². The molecule has 1 unspecified atom stereocenters. The fourth-order valence-corrected chi connectivity index (χ4v) is 2.64. The fraction of sp³-hybridized carbons (Fsp3) is 0.600. The first-order chi connectivity index (χ1) is 9.24. The minimum absolute atomic E-state index is 0.285. The van der Waals surface area contributed by atoms with Crippen LogP contribution in [0.5, 0.6) is 5.75 Å². The van der Waals surface area contributed by atoms with Gasteiger partial charge in [0.2, 0.25) is 0 Å². The van der Waals surface area contributed by atoms with Gasteiger partial charge in [-0.1, -0.05) is 6.42 Å². The molecular weight excluding hydrogens is 245 g/mol. The van der Waals surface area contributed by atoms with E-state index in [0.29, 0.717) is 12.6 Å². The van der Waals surface area contributed by atoms with Crippen LogP contribution >= 0.6 is 0 Å². The van der Waals surface area contributed by atoms with Crippen LogP contribution in [0.25, 0.3) is 0 Å². The first-order valence-corrected chi connectivity index (χ1v) is 6.82. The van der Waals surface area contributed by atoms with Crippen molar-refractivity contribution in [3.63, 3.8) is 0 Å². The second kappa shape index (κ2) is 6.87. The zero-order chi connectivity index (χ0) is 13.7. The number of benzene rings is 1. The number of methoxy groups -OCH3 is 2. The third-order valence-electron chi connectivity index (χ3n) is 3.65. The van der Waals surface area contributed by atoms with E-state index in [0.717, 1.165) is 30.5 Å². The second-order valence-electron chi connectivity index (χ2n) is 5.04. The van der Waals surface area contributed by atoms with Crippen molar-refractivity contribution in [2.45, 2.75) is 38.3 Å². The molecule has 1 heterocycles. The maximum atomic E-state index is 13.8. The summed E-state index contributed by atoms with van der Waals surface area (Å²) < 4.78 is 24.1. The van der Waals surface area contributed by atoms with E-state index in [9.17, 15) is 4.39 Å². The lowest BCUT2D eigenvalue weighted by Crippen LogP contribution is -2.35. The van der Waals surface area contributed by atoms with Gasteiger partial charge in [-0.15, -0.1) is 0 Å². The number of rotatable bonds is 5. The molecule has 0 saturated carbocycles. The average Bonchev–Trinajstić information content (AvgIpc) is 2.43. The molecule has 0 amide bonds. The van der Waals surface area contributed by atoms with E-state index < -0.39 is 0 Å². The van der Waals surface area contributed by atoms with Crippen LogP contribution in [-0.4, -0.2) is 26.8 Å². The van der Waals surface area contributed by atoms with Crippen LogP contribution < -0.4 is 10.1 Å². The molecule has 0 radical (unpaired) electrons. The smallest absolute Gasteiger partial charge is 0.165 e. The molecule has 3 nitrogen and oxygen atoms in total. The van der Waals surface area contributed by atoms with Crippen LogP contribution in [0.15, 0.2) is 12.1 Å². The number of hydrogen-bond donors (Lipinski definition) is 1. The summed E-state index contributed by atoms with van der Waals surface area (Å²) in [6.45, 7) is 1.54. The van der Waals surface area contributed by atoms with Crippen LogP contribution in [0, 0.1) is 5.82 Å². The number of hydrogen-bond acceptors (Lipinski definition) is 3. The van der Waals surface area contributed by atoms with Crippen molar-refractivity contribution < 1.29 is 13.9 Å². The molecule has 1 aromatic rings. The van der Waals surface area contributed by atoms with Gasteiger partial charge in [0, 0.05) is 13.2 Å². The summed E-state index contributed by atoms with van der Waals surface area (Å²) in [5.74, 6) is -0.0134. The quantitative estimate of drug-likeness (QED) is 0.889. The highest BCUT2D eigenvalue weighted by atomic mass is 19.1. The Bertz CT molecular complexity index is 417. The Morgan fingerprint density at radius 1 is 1.26 bits per heavy atom. The van der Waals surface area contributed by atoms with Crippen LogP contribution in [0.2, 0.25) is 0 Å². The van der Waals surface area contributed by atoms with Crippen molar-refractivity contribution >= 4 is 0 Å². The molecule has 0 bridgehead atoms. The third-order valence-corrected chi connectivity index (χ3v) is 3.65. The van der Waals surface area contributed by atoms with E-state index in [4.69, 9.17) is 9.47 Å². The Morgan fingerprint density at radius 2 is 2.11 bits per heavy atom. The summed E-state index contributed by atoms with van der Waals surface area (Å²) in [7, 11) is 3.13. The van der Waals surface area contributed by atoms with Gasteiger partial charge in [0.1, 0.15) is 0 Å². The van der Waals surface area contributed by atoms with Crippen molar-refractivity contribution in [1.82, 2.24) is 5.32 Å². The highest BCUT2D eigenvalue weighted by molar-refractivity contribution is 5.37. The molecule has 1 N–H and O–H groups in total. The Hall–Kier alpha value is -1.13. The zero-order valence-electron chi connectivity index (χ0n) is 11.7. The Labute approximate surface area is 114 Å². The molecule has 0 spiro atoms. The van der Waals surface area contributed by atoms with Gasteiger partial charge in [0.05, 0.1) is 13.7 Å². The molecule has 1 fully saturated rings. The summed E-state index contributed by atoms with van der Waals surface area (Å²) in [6, 6.07) is 3.78. The summed E-state index contributed by atoms with van der Waals surface area (Å²) in [5.41, 5.74) is 2.02. The normalized spacial score (nSPS) is 19.4. The van der Waals surface area contributed by atoms with Gasteiger partial charge in [-0.05, 0) is 49.1 Å². The maximum Gasteiger partial charge on any atom is 0.165 e. The van der Waals surface area contributed by atoms with E-state index in [-0.39, 0.29) is 11.6 Å². The predicted octanol–water partition coefficient (Wildman–Crippen LogP) is 2.67. The van der Waals surface area contributed by atoms with Gasteiger partial charge in [-0.25, -0.2) is 4.39 Å². The van der Waals surface area contributed by atoms with Gasteiger partial charge in [0.15, 0.2) is 11.6 Å². The van der Waals surface area contributed by atoms with Gasteiger partial charge >= 0.3 is 0 Å². The second-order valence-corrected chi connectivity index (χ2v) is 5.04. The van der Waals surface area contributed by atoms with Crippen molar-refractivity contribution in [2.24, 2.45) is 0 Å². The van der Waals surface area contributed by atoms with Crippen LogP contribution in [0.1, 0.15) is 30.4 Å². The number of ether oxygens (including phenoxy) is 2. The standard InChI is InChI=1S/C15H22FNO2/c1-18-10-12-9-15(19-2)14(16)8-11(12)7-13-5-3-4-6-17-13/h8-9,13,17H,3-7,10H2,1-2H3. The molecule has 19 heavy (non-hydrogen) atoms. The minimum atomic E-state index is -0.298. The van der Waals surface area contributed by atoms with E-state index in [2.05, 4.69) is 5.32 Å². The average molecular weight is 267 g/mol. The molecule has 0 aliphatic carbocycles. The molecule has 1 aliphatic heterocycles. The molecule has 1 aliphatic rings. The lowest BCUT2D eigenvalue weighted by Gasteiger charge is -2.24. The molecule has 1 atom stereocenters. The molecule has 1 saturated heterocycles. The van der Waals surface area contributed by atoms with Crippen LogP contribution in [-0.2, 0) is 17.8 Å². The van der Waals surface area contributed by atoms with Crippen molar-refractivity contribution in [1.29, 1.82) is 0 Å². The molecule has 106 valence electrons. The minimum Gasteiger partial charge on any atom is -0.494 e. The number of halogens is 1. The first-order valence-electron chi connectivity index (χ1n) is 6.82. The van der Waals surface area contributed by atoms with E-state index in [1.54, 1.807) is 19.2 Å². The van der Waals surface area contributed by atoms with E-state index in [1.807, 2.05) is 0 Å². The summed E-state index contributed by atoms with van der Waals surface area (Å²) in [6.07, 6.45) is 4.48. The lowest BCUT2D eigenvalue weighted by molar-refractivity contribution is 0.183. The highest BCUT2D eigenvalue weighted by Gasteiger charge is 2.17.